The van der Waals surface area contributed by atoms with Gasteiger partial charge >= 0.3 is 0 Å². The molecular weight excluding hydrogens is 230 g/mol. The minimum atomic E-state index is 0.203. The van der Waals surface area contributed by atoms with Gasteiger partial charge in [-0.3, -0.25) is 0 Å². The van der Waals surface area contributed by atoms with Crippen LogP contribution in [-0.4, -0.2) is 35.8 Å². The van der Waals surface area contributed by atoms with Crippen molar-refractivity contribution in [2.45, 2.75) is 19.4 Å². The molecule has 5 heteroatoms. The normalized spacial score (nSPS) is 20.2. The zero-order valence-corrected chi connectivity index (χ0v) is 10.4. The molecule has 1 aliphatic rings. The Balaban J connectivity index is 1.75. The number of nitrogens with zero attached hydrogens (tertiary/aromatic N) is 1. The summed E-state index contributed by atoms with van der Waals surface area (Å²) in [6, 6.07) is 3.79. The molecule has 0 radical (unpaired) electrons. The van der Waals surface area contributed by atoms with Gasteiger partial charge in [0, 0.05) is 25.2 Å². The zero-order chi connectivity index (χ0) is 12.4. The van der Waals surface area contributed by atoms with Crippen molar-refractivity contribution in [3.05, 3.63) is 29.9 Å². The summed E-state index contributed by atoms with van der Waals surface area (Å²) in [4.78, 5) is 7.89. The van der Waals surface area contributed by atoms with E-state index in [1.54, 1.807) is 6.26 Å². The summed E-state index contributed by atoms with van der Waals surface area (Å²) in [5.41, 5.74) is 1.92. The molecule has 2 N–H and O–H groups in total. The van der Waals surface area contributed by atoms with Crippen LogP contribution < -0.4 is 5.32 Å². The second kappa shape index (κ2) is 4.96. The van der Waals surface area contributed by atoms with E-state index in [1.165, 1.54) is 0 Å². The molecule has 1 unspecified atom stereocenters. The van der Waals surface area contributed by atoms with Crippen molar-refractivity contribution >= 4 is 0 Å². The van der Waals surface area contributed by atoms with Gasteiger partial charge in [0.15, 0.2) is 5.76 Å². The summed E-state index contributed by atoms with van der Waals surface area (Å²) >= 11 is 0. The van der Waals surface area contributed by atoms with Crippen LogP contribution in [0.2, 0.25) is 0 Å². The molecule has 96 valence electrons. The topological polar surface area (TPSA) is 63.1 Å². The van der Waals surface area contributed by atoms with Gasteiger partial charge in [-0.1, -0.05) is 0 Å². The second-order valence-electron chi connectivity index (χ2n) is 4.54. The Labute approximate surface area is 106 Å². The van der Waals surface area contributed by atoms with Crippen LogP contribution in [0.5, 0.6) is 0 Å². The number of morpholine rings is 1. The van der Waals surface area contributed by atoms with Crippen molar-refractivity contribution in [2.75, 3.05) is 19.7 Å². The standard InChI is InChI=1S/C13H17N3O2/c1-9-13(11-3-2-5-18-11)16-12(15-9)7-10-8-14-4-6-17-10/h2-3,5,10,14H,4,6-8H2,1H3,(H,15,16). The van der Waals surface area contributed by atoms with Gasteiger partial charge in [-0.25, -0.2) is 4.98 Å². The van der Waals surface area contributed by atoms with Gasteiger partial charge in [0.2, 0.25) is 0 Å². The Bertz CT molecular complexity index is 498. The number of rotatable bonds is 3. The maximum absolute atomic E-state index is 5.68. The van der Waals surface area contributed by atoms with Gasteiger partial charge in [0.1, 0.15) is 11.5 Å². The fourth-order valence-electron chi connectivity index (χ4n) is 2.24. The Hall–Kier alpha value is -1.59. The van der Waals surface area contributed by atoms with Crippen molar-refractivity contribution in [2.24, 2.45) is 0 Å². The van der Waals surface area contributed by atoms with E-state index in [1.807, 2.05) is 19.1 Å². The quantitative estimate of drug-likeness (QED) is 0.863. The first-order valence-corrected chi connectivity index (χ1v) is 6.24. The number of aromatic nitrogens is 2. The number of aryl methyl sites for hydroxylation is 1. The third-order valence-corrected chi connectivity index (χ3v) is 3.11. The number of ether oxygens (including phenoxy) is 1. The number of imidazole rings is 1. The molecule has 0 amide bonds. The monoisotopic (exact) mass is 247 g/mol. The van der Waals surface area contributed by atoms with Crippen molar-refractivity contribution < 1.29 is 9.15 Å². The summed E-state index contributed by atoms with van der Waals surface area (Å²) in [6.07, 6.45) is 2.67. The maximum Gasteiger partial charge on any atom is 0.154 e. The second-order valence-corrected chi connectivity index (χ2v) is 4.54. The van der Waals surface area contributed by atoms with Crippen LogP contribution in [0.4, 0.5) is 0 Å². The SMILES string of the molecule is Cc1[nH]c(CC2CNCCO2)nc1-c1ccco1. The highest BCUT2D eigenvalue weighted by Gasteiger charge is 2.17. The van der Waals surface area contributed by atoms with E-state index in [4.69, 9.17) is 9.15 Å². The predicted molar refractivity (Wildman–Crippen MR) is 67.3 cm³/mol. The minimum Gasteiger partial charge on any atom is -0.463 e. The highest BCUT2D eigenvalue weighted by atomic mass is 16.5. The summed E-state index contributed by atoms with van der Waals surface area (Å²) in [6.45, 7) is 4.60. The molecule has 0 aromatic carbocycles. The number of aromatic amines is 1. The molecule has 0 bridgehead atoms. The van der Waals surface area contributed by atoms with Gasteiger partial charge in [-0.2, -0.15) is 0 Å². The number of hydrogen-bond acceptors (Lipinski definition) is 4. The average molecular weight is 247 g/mol. The first kappa shape index (κ1) is 11.5. The highest BCUT2D eigenvalue weighted by Crippen LogP contribution is 2.22. The lowest BCUT2D eigenvalue weighted by Crippen LogP contribution is -2.39. The van der Waals surface area contributed by atoms with E-state index >= 15 is 0 Å². The Kier molecular flexibility index (Phi) is 3.17. The van der Waals surface area contributed by atoms with Gasteiger partial charge in [-0.05, 0) is 19.1 Å². The van der Waals surface area contributed by atoms with E-state index in [0.717, 1.165) is 49.1 Å². The molecular formula is C13H17N3O2. The van der Waals surface area contributed by atoms with Crippen molar-refractivity contribution in [1.82, 2.24) is 15.3 Å². The number of hydrogen-bond donors (Lipinski definition) is 2. The van der Waals surface area contributed by atoms with Crippen molar-refractivity contribution in [3.63, 3.8) is 0 Å². The summed E-state index contributed by atoms with van der Waals surface area (Å²) in [5.74, 6) is 1.75. The van der Waals surface area contributed by atoms with Crippen molar-refractivity contribution in [3.8, 4) is 11.5 Å². The molecule has 3 rings (SSSR count). The minimum absolute atomic E-state index is 0.203. The molecule has 2 aromatic heterocycles. The molecule has 1 atom stereocenters. The Morgan fingerprint density at radius 1 is 1.50 bits per heavy atom. The lowest BCUT2D eigenvalue weighted by molar-refractivity contribution is 0.0281. The first-order valence-electron chi connectivity index (χ1n) is 6.24. The smallest absolute Gasteiger partial charge is 0.154 e. The van der Waals surface area contributed by atoms with Crippen LogP contribution in [0, 0.1) is 6.92 Å². The Morgan fingerprint density at radius 2 is 2.44 bits per heavy atom. The fourth-order valence-corrected chi connectivity index (χ4v) is 2.24. The maximum atomic E-state index is 5.68. The number of H-pyrrole nitrogens is 1. The molecule has 3 heterocycles. The van der Waals surface area contributed by atoms with E-state index in [0.29, 0.717) is 0 Å². The fraction of sp³-hybridized carbons (Fsp3) is 0.462. The van der Waals surface area contributed by atoms with Crippen LogP contribution in [0.1, 0.15) is 11.5 Å². The molecule has 1 aliphatic heterocycles. The van der Waals surface area contributed by atoms with E-state index in [2.05, 4.69) is 15.3 Å². The molecule has 0 aliphatic carbocycles. The lowest BCUT2D eigenvalue weighted by Gasteiger charge is -2.22. The van der Waals surface area contributed by atoms with Gasteiger partial charge in [-0.15, -0.1) is 0 Å². The summed E-state index contributed by atoms with van der Waals surface area (Å²) in [7, 11) is 0. The molecule has 1 saturated heterocycles. The van der Waals surface area contributed by atoms with Crippen molar-refractivity contribution in [1.29, 1.82) is 0 Å². The van der Waals surface area contributed by atoms with Crippen LogP contribution in [0.15, 0.2) is 22.8 Å². The third-order valence-electron chi connectivity index (χ3n) is 3.11. The summed E-state index contributed by atoms with van der Waals surface area (Å²) < 4.78 is 11.1. The average Bonchev–Trinajstić information content (AvgIpc) is 3.00. The zero-order valence-electron chi connectivity index (χ0n) is 10.4. The molecule has 18 heavy (non-hydrogen) atoms. The predicted octanol–water partition coefficient (Wildman–Crippen LogP) is 1.51. The van der Waals surface area contributed by atoms with E-state index in [-0.39, 0.29) is 6.10 Å². The number of furan rings is 1. The highest BCUT2D eigenvalue weighted by molar-refractivity contribution is 5.55. The summed E-state index contributed by atoms with van der Waals surface area (Å²) in [5, 5.41) is 3.32. The first-order chi connectivity index (χ1) is 8.83. The van der Waals surface area contributed by atoms with E-state index < -0.39 is 0 Å². The molecule has 2 aromatic rings. The van der Waals surface area contributed by atoms with Crippen LogP contribution >= 0.6 is 0 Å². The van der Waals surface area contributed by atoms with E-state index in [9.17, 15) is 0 Å². The Morgan fingerprint density at radius 3 is 3.17 bits per heavy atom. The molecule has 5 nitrogen and oxygen atoms in total. The molecule has 0 spiro atoms. The van der Waals surface area contributed by atoms with Crippen LogP contribution in [0.25, 0.3) is 11.5 Å². The molecule has 1 fully saturated rings. The van der Waals surface area contributed by atoms with Gasteiger partial charge in [0.25, 0.3) is 0 Å². The number of nitrogens with one attached hydrogen (secondary N) is 2. The van der Waals surface area contributed by atoms with Gasteiger partial charge in [0.05, 0.1) is 19.0 Å². The van der Waals surface area contributed by atoms with Gasteiger partial charge < -0.3 is 19.5 Å². The third kappa shape index (κ3) is 2.32. The molecule has 0 saturated carbocycles. The van der Waals surface area contributed by atoms with Crippen LogP contribution in [0.3, 0.4) is 0 Å². The lowest BCUT2D eigenvalue weighted by atomic mass is 10.2. The van der Waals surface area contributed by atoms with Crippen LogP contribution in [-0.2, 0) is 11.2 Å². The largest absolute Gasteiger partial charge is 0.463 e.